The number of benzene rings is 1. The molecule has 2 rings (SSSR count). The van der Waals surface area contributed by atoms with Crippen molar-refractivity contribution in [3.63, 3.8) is 0 Å². The zero-order valence-corrected chi connectivity index (χ0v) is 10.1. The van der Waals surface area contributed by atoms with Crippen LogP contribution in [0.1, 0.15) is 17.0 Å². The van der Waals surface area contributed by atoms with Crippen LogP contribution in [-0.4, -0.2) is 9.97 Å². The molecule has 0 unspecified atom stereocenters. The third-order valence-electron chi connectivity index (χ3n) is 2.65. The summed E-state index contributed by atoms with van der Waals surface area (Å²) in [5, 5.41) is 3.23. The molecule has 17 heavy (non-hydrogen) atoms. The lowest BCUT2D eigenvalue weighted by molar-refractivity contribution is 1.02. The van der Waals surface area contributed by atoms with E-state index in [-0.39, 0.29) is 0 Å². The van der Waals surface area contributed by atoms with Crippen molar-refractivity contribution < 1.29 is 0 Å². The molecule has 2 aromatic rings. The first-order valence-corrected chi connectivity index (χ1v) is 5.53. The minimum absolute atomic E-state index is 0.720. The summed E-state index contributed by atoms with van der Waals surface area (Å²) in [5.41, 5.74) is 9.48. The van der Waals surface area contributed by atoms with Gasteiger partial charge in [-0.05, 0) is 31.5 Å². The van der Waals surface area contributed by atoms with Crippen LogP contribution in [0.25, 0.3) is 0 Å². The van der Waals surface area contributed by atoms with Crippen molar-refractivity contribution in [2.75, 3.05) is 11.1 Å². The van der Waals surface area contributed by atoms with Crippen molar-refractivity contribution in [1.29, 1.82) is 0 Å². The zero-order valence-electron chi connectivity index (χ0n) is 10.1. The second kappa shape index (κ2) is 4.82. The van der Waals surface area contributed by atoms with E-state index in [1.165, 1.54) is 5.56 Å². The van der Waals surface area contributed by atoms with E-state index >= 15 is 0 Å². The Morgan fingerprint density at radius 1 is 1.12 bits per heavy atom. The number of rotatable bonds is 3. The topological polar surface area (TPSA) is 63.8 Å². The summed E-state index contributed by atoms with van der Waals surface area (Å²) in [6.07, 6.45) is 1.75. The van der Waals surface area contributed by atoms with Crippen LogP contribution in [-0.2, 0) is 6.54 Å². The number of anilines is 2. The van der Waals surface area contributed by atoms with E-state index in [1.54, 1.807) is 6.20 Å². The van der Waals surface area contributed by atoms with Crippen molar-refractivity contribution >= 4 is 11.5 Å². The summed E-state index contributed by atoms with van der Waals surface area (Å²) in [7, 11) is 0. The molecule has 0 radical (unpaired) electrons. The lowest BCUT2D eigenvalue weighted by Crippen LogP contribution is -2.04. The summed E-state index contributed by atoms with van der Waals surface area (Å²) in [6, 6.07) is 7.78. The maximum atomic E-state index is 5.63. The maximum absolute atomic E-state index is 5.63. The van der Waals surface area contributed by atoms with E-state index in [0.29, 0.717) is 0 Å². The Hall–Kier alpha value is -2.10. The molecular weight excluding hydrogens is 212 g/mol. The number of hydrogen-bond donors (Lipinski definition) is 2. The molecular formula is C13H16N4. The van der Waals surface area contributed by atoms with Gasteiger partial charge in [0.1, 0.15) is 5.82 Å². The molecule has 4 nitrogen and oxygen atoms in total. The molecule has 0 fully saturated rings. The summed E-state index contributed by atoms with van der Waals surface area (Å²) >= 11 is 0. The number of aryl methyl sites for hydroxylation is 2. The Balaban J connectivity index is 2.02. The Morgan fingerprint density at radius 2 is 1.82 bits per heavy atom. The van der Waals surface area contributed by atoms with E-state index in [0.717, 1.165) is 29.4 Å². The van der Waals surface area contributed by atoms with Crippen LogP contribution >= 0.6 is 0 Å². The molecule has 1 aromatic carbocycles. The highest BCUT2D eigenvalue weighted by Gasteiger charge is 1.99. The first-order valence-electron chi connectivity index (χ1n) is 5.53. The molecule has 0 aliphatic heterocycles. The summed E-state index contributed by atoms with van der Waals surface area (Å²) in [5.74, 6) is 0.796. The highest BCUT2D eigenvalue weighted by Crippen LogP contribution is 2.09. The highest BCUT2D eigenvalue weighted by atomic mass is 15.0. The Morgan fingerprint density at radius 3 is 2.47 bits per heavy atom. The van der Waals surface area contributed by atoms with Crippen molar-refractivity contribution in [1.82, 2.24) is 9.97 Å². The van der Waals surface area contributed by atoms with E-state index in [2.05, 4.69) is 15.3 Å². The first-order chi connectivity index (χ1) is 8.15. The van der Waals surface area contributed by atoms with Crippen LogP contribution in [0.15, 0.2) is 30.5 Å². The SMILES string of the molecule is Cc1ncc(NCc2ccc(N)cc2)nc1C. The molecule has 88 valence electrons. The molecule has 0 aliphatic carbocycles. The normalized spacial score (nSPS) is 10.2. The molecule has 1 heterocycles. The van der Waals surface area contributed by atoms with Crippen LogP contribution in [0.2, 0.25) is 0 Å². The van der Waals surface area contributed by atoms with Crippen LogP contribution < -0.4 is 11.1 Å². The van der Waals surface area contributed by atoms with Crippen molar-refractivity contribution in [3.8, 4) is 0 Å². The maximum Gasteiger partial charge on any atom is 0.145 e. The summed E-state index contributed by atoms with van der Waals surface area (Å²) in [4.78, 5) is 8.67. The first kappa shape index (κ1) is 11.4. The Kier molecular flexibility index (Phi) is 3.23. The number of nitrogens with zero attached hydrogens (tertiary/aromatic N) is 2. The molecule has 0 aliphatic rings. The predicted molar refractivity (Wildman–Crippen MR) is 69.7 cm³/mol. The van der Waals surface area contributed by atoms with E-state index in [1.807, 2.05) is 38.1 Å². The predicted octanol–water partition coefficient (Wildman–Crippen LogP) is 2.29. The van der Waals surface area contributed by atoms with Gasteiger partial charge < -0.3 is 11.1 Å². The average molecular weight is 228 g/mol. The summed E-state index contributed by atoms with van der Waals surface area (Å²) < 4.78 is 0. The molecule has 1 aromatic heterocycles. The lowest BCUT2D eigenvalue weighted by atomic mass is 10.2. The molecule has 0 atom stereocenters. The van der Waals surface area contributed by atoms with Gasteiger partial charge in [-0.1, -0.05) is 12.1 Å². The van der Waals surface area contributed by atoms with Gasteiger partial charge in [-0.3, -0.25) is 4.98 Å². The van der Waals surface area contributed by atoms with Crippen molar-refractivity contribution in [3.05, 3.63) is 47.4 Å². The second-order valence-corrected chi connectivity index (χ2v) is 4.02. The third-order valence-corrected chi connectivity index (χ3v) is 2.65. The fraction of sp³-hybridized carbons (Fsp3) is 0.231. The molecule has 3 N–H and O–H groups in total. The van der Waals surface area contributed by atoms with Gasteiger partial charge in [-0.15, -0.1) is 0 Å². The largest absolute Gasteiger partial charge is 0.399 e. The van der Waals surface area contributed by atoms with E-state index in [4.69, 9.17) is 5.73 Å². The highest BCUT2D eigenvalue weighted by molar-refractivity contribution is 5.41. The van der Waals surface area contributed by atoms with Gasteiger partial charge in [0.15, 0.2) is 0 Å². The monoisotopic (exact) mass is 228 g/mol. The number of hydrogen-bond acceptors (Lipinski definition) is 4. The Labute approximate surface area is 101 Å². The number of nitrogens with one attached hydrogen (secondary N) is 1. The van der Waals surface area contributed by atoms with Gasteiger partial charge in [0.2, 0.25) is 0 Å². The van der Waals surface area contributed by atoms with Crippen LogP contribution in [0.4, 0.5) is 11.5 Å². The van der Waals surface area contributed by atoms with Crippen LogP contribution in [0, 0.1) is 13.8 Å². The molecule has 0 spiro atoms. The minimum atomic E-state index is 0.720. The fourth-order valence-electron chi connectivity index (χ4n) is 1.46. The van der Waals surface area contributed by atoms with Gasteiger partial charge in [0, 0.05) is 12.2 Å². The van der Waals surface area contributed by atoms with Crippen LogP contribution in [0.3, 0.4) is 0 Å². The zero-order chi connectivity index (χ0) is 12.3. The quantitative estimate of drug-likeness (QED) is 0.791. The average Bonchev–Trinajstić information content (AvgIpc) is 2.33. The van der Waals surface area contributed by atoms with E-state index in [9.17, 15) is 0 Å². The lowest BCUT2D eigenvalue weighted by Gasteiger charge is -2.07. The third kappa shape index (κ3) is 2.93. The number of nitrogens with two attached hydrogens (primary N) is 1. The molecule has 0 saturated carbocycles. The minimum Gasteiger partial charge on any atom is -0.399 e. The number of nitrogen functional groups attached to an aromatic ring is 1. The smallest absolute Gasteiger partial charge is 0.145 e. The van der Waals surface area contributed by atoms with Crippen molar-refractivity contribution in [2.24, 2.45) is 0 Å². The number of aromatic nitrogens is 2. The molecule has 4 heteroatoms. The fourth-order valence-corrected chi connectivity index (χ4v) is 1.46. The molecule has 0 bridgehead atoms. The van der Waals surface area contributed by atoms with Gasteiger partial charge in [-0.2, -0.15) is 0 Å². The van der Waals surface area contributed by atoms with Gasteiger partial charge >= 0.3 is 0 Å². The van der Waals surface area contributed by atoms with Gasteiger partial charge in [0.25, 0.3) is 0 Å². The van der Waals surface area contributed by atoms with Gasteiger partial charge in [0.05, 0.1) is 17.6 Å². The molecule has 0 amide bonds. The second-order valence-electron chi connectivity index (χ2n) is 4.02. The van der Waals surface area contributed by atoms with Gasteiger partial charge in [-0.25, -0.2) is 4.98 Å². The van der Waals surface area contributed by atoms with Crippen LogP contribution in [0.5, 0.6) is 0 Å². The van der Waals surface area contributed by atoms with E-state index < -0.39 is 0 Å². The standard InChI is InChI=1S/C13H16N4/c1-9-10(2)17-13(8-15-9)16-7-11-3-5-12(14)6-4-11/h3-6,8H,7,14H2,1-2H3,(H,16,17). The Bertz CT molecular complexity index is 505. The summed E-state index contributed by atoms with van der Waals surface area (Å²) in [6.45, 7) is 4.63. The van der Waals surface area contributed by atoms with Crippen molar-refractivity contribution in [2.45, 2.75) is 20.4 Å². The molecule has 0 saturated heterocycles.